The molecule has 0 radical (unpaired) electrons. The minimum absolute atomic E-state index is 0.0755. The highest BCUT2D eigenvalue weighted by Gasteiger charge is 2.19. The van der Waals surface area contributed by atoms with Crippen molar-refractivity contribution < 1.29 is 9.53 Å². The van der Waals surface area contributed by atoms with Crippen LogP contribution in [0.1, 0.15) is 31.7 Å². The van der Waals surface area contributed by atoms with Crippen molar-refractivity contribution in [1.29, 1.82) is 0 Å². The number of amides is 1. The number of nitrogens with one attached hydrogen (secondary N) is 1. The molecule has 1 atom stereocenters. The first-order valence-corrected chi connectivity index (χ1v) is 5.93. The molecule has 1 amide bonds. The zero-order valence-electron chi connectivity index (χ0n) is 11.0. The number of ether oxygens (including phenoxy) is 1. The monoisotopic (exact) mass is 235 g/mol. The van der Waals surface area contributed by atoms with E-state index in [2.05, 4.69) is 25.2 Å². The number of methoxy groups -OCH3 is 1. The molecule has 1 aromatic carbocycles. The Labute approximate surface area is 103 Å². The van der Waals surface area contributed by atoms with Crippen LogP contribution < -0.4 is 10.1 Å². The molecular formula is C14H21NO2. The molecule has 0 fully saturated rings. The lowest BCUT2D eigenvalue weighted by Gasteiger charge is -2.21. The van der Waals surface area contributed by atoms with Gasteiger partial charge in [-0.2, -0.15) is 0 Å². The van der Waals surface area contributed by atoms with E-state index >= 15 is 0 Å². The third-order valence-electron chi connectivity index (χ3n) is 3.01. The molecule has 0 saturated heterocycles. The van der Waals surface area contributed by atoms with E-state index in [1.165, 1.54) is 0 Å². The van der Waals surface area contributed by atoms with Crippen LogP contribution in [-0.4, -0.2) is 20.1 Å². The van der Waals surface area contributed by atoms with Gasteiger partial charge in [-0.1, -0.05) is 26.0 Å². The first-order chi connectivity index (χ1) is 8.08. The minimum Gasteiger partial charge on any atom is -0.497 e. The number of rotatable bonds is 5. The average Bonchev–Trinajstić information content (AvgIpc) is 2.35. The number of carbonyl (C=O) groups is 1. The maximum absolute atomic E-state index is 11.5. The molecule has 94 valence electrons. The maximum Gasteiger partial charge on any atom is 0.220 e. The van der Waals surface area contributed by atoms with E-state index in [9.17, 15) is 4.79 Å². The predicted octanol–water partition coefficient (Wildman–Crippen LogP) is 2.57. The summed E-state index contributed by atoms with van der Waals surface area (Å²) >= 11 is 0. The standard InChI is InChI=1S/C14H21NO2/c1-10(2)13(9-14(16)15-3)11-6-5-7-12(8-11)17-4/h5-8,10,13H,9H2,1-4H3,(H,15,16). The topological polar surface area (TPSA) is 38.3 Å². The summed E-state index contributed by atoms with van der Waals surface area (Å²) in [6.45, 7) is 4.26. The van der Waals surface area contributed by atoms with Gasteiger partial charge in [-0.05, 0) is 29.5 Å². The molecule has 1 aromatic rings. The number of hydrogen-bond acceptors (Lipinski definition) is 2. The number of hydrogen-bond donors (Lipinski definition) is 1. The highest BCUT2D eigenvalue weighted by molar-refractivity contribution is 5.76. The lowest BCUT2D eigenvalue weighted by Crippen LogP contribution is -2.22. The molecule has 0 aromatic heterocycles. The van der Waals surface area contributed by atoms with Gasteiger partial charge in [0.1, 0.15) is 5.75 Å². The summed E-state index contributed by atoms with van der Waals surface area (Å²) in [7, 11) is 3.33. The first kappa shape index (κ1) is 13.6. The fourth-order valence-corrected chi connectivity index (χ4v) is 1.91. The van der Waals surface area contributed by atoms with Crippen molar-refractivity contribution >= 4 is 5.91 Å². The Balaban J connectivity index is 2.92. The first-order valence-electron chi connectivity index (χ1n) is 5.93. The Morgan fingerprint density at radius 2 is 2.12 bits per heavy atom. The van der Waals surface area contributed by atoms with E-state index in [1.54, 1.807) is 14.2 Å². The normalized spacial score (nSPS) is 12.3. The Morgan fingerprint density at radius 3 is 2.65 bits per heavy atom. The van der Waals surface area contributed by atoms with Crippen LogP contribution in [0.3, 0.4) is 0 Å². The van der Waals surface area contributed by atoms with Gasteiger partial charge in [0.25, 0.3) is 0 Å². The van der Waals surface area contributed by atoms with Crippen LogP contribution in [0.2, 0.25) is 0 Å². The molecule has 17 heavy (non-hydrogen) atoms. The average molecular weight is 235 g/mol. The van der Waals surface area contributed by atoms with Crippen molar-refractivity contribution in [3.63, 3.8) is 0 Å². The van der Waals surface area contributed by atoms with E-state index in [0.29, 0.717) is 12.3 Å². The molecule has 1 rings (SSSR count). The third kappa shape index (κ3) is 3.77. The van der Waals surface area contributed by atoms with Crippen molar-refractivity contribution in [3.05, 3.63) is 29.8 Å². The molecule has 0 aliphatic heterocycles. The van der Waals surface area contributed by atoms with Crippen LogP contribution >= 0.6 is 0 Å². The van der Waals surface area contributed by atoms with Crippen LogP contribution in [0.15, 0.2) is 24.3 Å². The highest BCUT2D eigenvalue weighted by atomic mass is 16.5. The second-order valence-corrected chi connectivity index (χ2v) is 4.50. The van der Waals surface area contributed by atoms with Crippen LogP contribution in [0.5, 0.6) is 5.75 Å². The smallest absolute Gasteiger partial charge is 0.220 e. The van der Waals surface area contributed by atoms with Gasteiger partial charge in [-0.3, -0.25) is 4.79 Å². The molecule has 3 heteroatoms. The quantitative estimate of drug-likeness (QED) is 0.851. The third-order valence-corrected chi connectivity index (χ3v) is 3.01. The fraction of sp³-hybridized carbons (Fsp3) is 0.500. The Morgan fingerprint density at radius 1 is 1.41 bits per heavy atom. The van der Waals surface area contributed by atoms with Crippen LogP contribution in [0.25, 0.3) is 0 Å². The predicted molar refractivity (Wildman–Crippen MR) is 69.3 cm³/mol. The van der Waals surface area contributed by atoms with Crippen molar-refractivity contribution in [1.82, 2.24) is 5.32 Å². The summed E-state index contributed by atoms with van der Waals surface area (Å²) in [5.74, 6) is 1.56. The molecule has 3 nitrogen and oxygen atoms in total. The fourth-order valence-electron chi connectivity index (χ4n) is 1.91. The second-order valence-electron chi connectivity index (χ2n) is 4.50. The molecule has 0 bridgehead atoms. The number of carbonyl (C=O) groups excluding carboxylic acids is 1. The molecule has 1 unspecified atom stereocenters. The van der Waals surface area contributed by atoms with Crippen molar-refractivity contribution in [2.75, 3.05) is 14.2 Å². The zero-order chi connectivity index (χ0) is 12.8. The largest absolute Gasteiger partial charge is 0.497 e. The summed E-state index contributed by atoms with van der Waals surface area (Å²) in [4.78, 5) is 11.5. The Bertz CT molecular complexity index is 374. The van der Waals surface area contributed by atoms with E-state index in [0.717, 1.165) is 11.3 Å². The van der Waals surface area contributed by atoms with Crippen LogP contribution in [0.4, 0.5) is 0 Å². The Kier molecular flexibility index (Phi) is 5.01. The van der Waals surface area contributed by atoms with E-state index in [-0.39, 0.29) is 11.8 Å². The van der Waals surface area contributed by atoms with Crippen LogP contribution in [-0.2, 0) is 4.79 Å². The molecule has 0 aliphatic carbocycles. The van der Waals surface area contributed by atoms with Crippen molar-refractivity contribution in [2.24, 2.45) is 5.92 Å². The van der Waals surface area contributed by atoms with E-state index < -0.39 is 0 Å². The highest BCUT2D eigenvalue weighted by Crippen LogP contribution is 2.29. The van der Waals surface area contributed by atoms with E-state index in [1.807, 2.05) is 18.2 Å². The van der Waals surface area contributed by atoms with Gasteiger partial charge >= 0.3 is 0 Å². The summed E-state index contributed by atoms with van der Waals surface area (Å²) in [6, 6.07) is 7.94. The lowest BCUT2D eigenvalue weighted by atomic mass is 9.85. The minimum atomic E-state index is 0.0755. The van der Waals surface area contributed by atoms with Gasteiger partial charge in [0, 0.05) is 13.5 Å². The van der Waals surface area contributed by atoms with Crippen LogP contribution in [0, 0.1) is 5.92 Å². The number of benzene rings is 1. The van der Waals surface area contributed by atoms with Gasteiger partial charge in [0.15, 0.2) is 0 Å². The van der Waals surface area contributed by atoms with Crippen molar-refractivity contribution in [3.8, 4) is 5.75 Å². The lowest BCUT2D eigenvalue weighted by molar-refractivity contribution is -0.121. The molecule has 0 heterocycles. The maximum atomic E-state index is 11.5. The summed E-state index contributed by atoms with van der Waals surface area (Å²) in [5.41, 5.74) is 1.16. The van der Waals surface area contributed by atoms with Gasteiger partial charge in [-0.15, -0.1) is 0 Å². The summed E-state index contributed by atoms with van der Waals surface area (Å²) in [6.07, 6.45) is 0.515. The molecule has 1 N–H and O–H groups in total. The Hall–Kier alpha value is -1.51. The molecular weight excluding hydrogens is 214 g/mol. The van der Waals surface area contributed by atoms with Gasteiger partial charge in [0.2, 0.25) is 5.91 Å². The SMILES string of the molecule is CNC(=O)CC(c1cccc(OC)c1)C(C)C. The van der Waals surface area contributed by atoms with Gasteiger partial charge in [-0.25, -0.2) is 0 Å². The van der Waals surface area contributed by atoms with Gasteiger partial charge < -0.3 is 10.1 Å². The summed E-state index contributed by atoms with van der Waals surface area (Å²) in [5, 5.41) is 2.68. The molecule has 0 aliphatic rings. The molecule has 0 spiro atoms. The second kappa shape index (κ2) is 6.28. The van der Waals surface area contributed by atoms with E-state index in [4.69, 9.17) is 4.74 Å². The zero-order valence-corrected chi connectivity index (χ0v) is 11.0. The van der Waals surface area contributed by atoms with Gasteiger partial charge in [0.05, 0.1) is 7.11 Å². The summed E-state index contributed by atoms with van der Waals surface area (Å²) < 4.78 is 5.22. The molecule has 0 saturated carbocycles. The van der Waals surface area contributed by atoms with Crippen molar-refractivity contribution in [2.45, 2.75) is 26.2 Å².